The Kier molecular flexibility index (Phi) is 6.81. The molecule has 2 aliphatic carbocycles. The number of rotatable bonds is 10. The second-order valence-corrected chi connectivity index (χ2v) is 8.72. The lowest BCUT2D eigenvalue weighted by Crippen LogP contribution is -2.46. The van der Waals surface area contributed by atoms with Crippen molar-refractivity contribution in [3.8, 4) is 0 Å². The third kappa shape index (κ3) is 4.81. The third-order valence-corrected chi connectivity index (χ3v) is 6.28. The van der Waals surface area contributed by atoms with Gasteiger partial charge in [0.25, 0.3) is 5.56 Å². The zero-order valence-electron chi connectivity index (χ0n) is 18.5. The quantitative estimate of drug-likeness (QED) is 0.430. The lowest BCUT2D eigenvalue weighted by Gasteiger charge is -2.20. The van der Waals surface area contributed by atoms with Crippen molar-refractivity contribution in [2.45, 2.75) is 64.3 Å². The third-order valence-electron chi connectivity index (χ3n) is 6.28. The van der Waals surface area contributed by atoms with Crippen LogP contribution in [0.4, 0.5) is 10.1 Å². The molecule has 2 fully saturated rings. The second-order valence-electron chi connectivity index (χ2n) is 8.72. The van der Waals surface area contributed by atoms with Gasteiger partial charge in [0, 0.05) is 25.6 Å². The number of hydrogen-bond acceptors (Lipinski definition) is 6. The maximum absolute atomic E-state index is 14.8. The zero-order valence-corrected chi connectivity index (χ0v) is 18.5. The van der Waals surface area contributed by atoms with Crippen molar-refractivity contribution >= 4 is 22.6 Å². The highest BCUT2D eigenvalue weighted by molar-refractivity contribution is 5.82. The number of anilines is 1. The van der Waals surface area contributed by atoms with Crippen LogP contribution in [0.2, 0.25) is 0 Å². The Morgan fingerprint density at radius 2 is 1.94 bits per heavy atom. The van der Waals surface area contributed by atoms with E-state index in [0.717, 1.165) is 43.2 Å². The summed E-state index contributed by atoms with van der Waals surface area (Å²) in [7, 11) is 0. The molecular formula is C23H31FN4O4. The van der Waals surface area contributed by atoms with Crippen molar-refractivity contribution in [3.05, 3.63) is 38.8 Å². The van der Waals surface area contributed by atoms with E-state index in [1.807, 2.05) is 0 Å². The number of carbonyl (C=O) groups is 1. The maximum Gasteiger partial charge on any atom is 0.350 e. The maximum atomic E-state index is 14.8. The summed E-state index contributed by atoms with van der Waals surface area (Å²) < 4.78 is 22.3. The summed E-state index contributed by atoms with van der Waals surface area (Å²) >= 11 is 0. The summed E-state index contributed by atoms with van der Waals surface area (Å²) in [6.07, 6.45) is 6.59. The molecule has 2 aliphatic rings. The van der Waals surface area contributed by atoms with Crippen LogP contribution < -0.4 is 22.0 Å². The number of fused-ring (bicyclic) bond motifs is 1. The highest BCUT2D eigenvalue weighted by atomic mass is 19.1. The standard InChI is InChI=1S/C23H31FN4O4/c1-2-32-21(29)8-5-11-26-28-22(30)17-12-18(24)19(25-14-15-9-10-15)13-20(17)27(23(28)31)16-6-3-4-7-16/h12-13,15-16,25-26H,2-11,14H2,1H3. The van der Waals surface area contributed by atoms with E-state index in [-0.39, 0.29) is 30.4 Å². The van der Waals surface area contributed by atoms with Crippen LogP contribution >= 0.6 is 0 Å². The molecule has 2 aromatic rings. The molecule has 2 N–H and O–H groups in total. The van der Waals surface area contributed by atoms with Crippen molar-refractivity contribution in [1.82, 2.24) is 9.24 Å². The Balaban J connectivity index is 1.67. The minimum Gasteiger partial charge on any atom is -0.466 e. The smallest absolute Gasteiger partial charge is 0.350 e. The number of esters is 1. The van der Waals surface area contributed by atoms with Crippen LogP contribution in [0.15, 0.2) is 21.7 Å². The fourth-order valence-corrected chi connectivity index (χ4v) is 4.37. The number of nitrogens with zero attached hydrogens (tertiary/aromatic N) is 2. The first-order chi connectivity index (χ1) is 15.5. The van der Waals surface area contributed by atoms with Gasteiger partial charge in [-0.1, -0.05) is 12.8 Å². The predicted octanol–water partition coefficient (Wildman–Crippen LogP) is 3.13. The average Bonchev–Trinajstić information content (AvgIpc) is 3.45. The average molecular weight is 447 g/mol. The first kappa shape index (κ1) is 22.4. The Hall–Kier alpha value is -2.84. The fourth-order valence-electron chi connectivity index (χ4n) is 4.37. The van der Waals surface area contributed by atoms with Crippen LogP contribution in [0.1, 0.15) is 64.3 Å². The van der Waals surface area contributed by atoms with E-state index in [1.54, 1.807) is 17.6 Å². The summed E-state index contributed by atoms with van der Waals surface area (Å²) in [4.78, 5) is 38.0. The first-order valence-corrected chi connectivity index (χ1v) is 11.6. The normalized spacial score (nSPS) is 16.4. The van der Waals surface area contributed by atoms with Gasteiger partial charge in [0.1, 0.15) is 5.82 Å². The lowest BCUT2D eigenvalue weighted by molar-refractivity contribution is -0.143. The van der Waals surface area contributed by atoms with Gasteiger partial charge in [-0.2, -0.15) is 4.68 Å². The van der Waals surface area contributed by atoms with E-state index in [2.05, 4.69) is 10.7 Å². The Morgan fingerprint density at radius 1 is 1.19 bits per heavy atom. The SMILES string of the molecule is CCOC(=O)CCCNn1c(=O)c2cc(F)c(NCC3CC3)cc2n(C2CCCC2)c1=O. The monoisotopic (exact) mass is 446 g/mol. The van der Waals surface area contributed by atoms with Crippen LogP contribution in [0.3, 0.4) is 0 Å². The fraction of sp³-hybridized carbons (Fsp3) is 0.609. The van der Waals surface area contributed by atoms with E-state index in [0.29, 0.717) is 36.7 Å². The van der Waals surface area contributed by atoms with E-state index >= 15 is 0 Å². The molecule has 0 saturated heterocycles. The molecule has 0 bridgehead atoms. The topological polar surface area (TPSA) is 94.4 Å². The number of halogens is 1. The van der Waals surface area contributed by atoms with Gasteiger partial charge in [-0.15, -0.1) is 0 Å². The summed E-state index contributed by atoms with van der Waals surface area (Å²) in [6, 6.07) is 2.81. The Labute approximate surface area is 185 Å². The highest BCUT2D eigenvalue weighted by Crippen LogP contribution is 2.32. The molecule has 1 heterocycles. The van der Waals surface area contributed by atoms with Crippen LogP contribution in [0.5, 0.6) is 0 Å². The molecule has 0 amide bonds. The molecule has 0 unspecified atom stereocenters. The molecule has 1 aromatic carbocycles. The lowest BCUT2D eigenvalue weighted by atomic mass is 10.1. The Morgan fingerprint density at radius 3 is 2.62 bits per heavy atom. The van der Waals surface area contributed by atoms with Crippen LogP contribution in [-0.4, -0.2) is 34.9 Å². The van der Waals surface area contributed by atoms with Gasteiger partial charge < -0.3 is 15.5 Å². The van der Waals surface area contributed by atoms with E-state index in [1.165, 1.54) is 6.07 Å². The van der Waals surface area contributed by atoms with Gasteiger partial charge in [-0.05, 0) is 57.1 Å². The summed E-state index contributed by atoms with van der Waals surface area (Å²) in [5.41, 5.74) is 2.61. The van der Waals surface area contributed by atoms with Gasteiger partial charge in [-0.25, -0.2) is 9.18 Å². The van der Waals surface area contributed by atoms with Gasteiger partial charge in [-0.3, -0.25) is 14.2 Å². The van der Waals surface area contributed by atoms with E-state index in [9.17, 15) is 18.8 Å². The largest absolute Gasteiger partial charge is 0.466 e. The minimum absolute atomic E-state index is 0.0278. The van der Waals surface area contributed by atoms with Gasteiger partial charge in [0.2, 0.25) is 0 Å². The Bertz CT molecular complexity index is 1100. The number of benzene rings is 1. The van der Waals surface area contributed by atoms with Crippen molar-refractivity contribution in [2.75, 3.05) is 30.4 Å². The summed E-state index contributed by atoms with van der Waals surface area (Å²) in [5, 5.41) is 3.31. The van der Waals surface area contributed by atoms with Crippen molar-refractivity contribution in [2.24, 2.45) is 5.92 Å². The molecule has 8 nitrogen and oxygen atoms in total. The summed E-state index contributed by atoms with van der Waals surface area (Å²) in [5.74, 6) is -0.258. The molecule has 1 aromatic heterocycles. The number of ether oxygens (including phenoxy) is 1. The van der Waals surface area contributed by atoms with Crippen LogP contribution in [0.25, 0.3) is 10.9 Å². The van der Waals surface area contributed by atoms with Crippen LogP contribution in [0, 0.1) is 11.7 Å². The predicted molar refractivity (Wildman–Crippen MR) is 121 cm³/mol. The number of nitrogens with one attached hydrogen (secondary N) is 2. The van der Waals surface area contributed by atoms with Crippen molar-refractivity contribution in [1.29, 1.82) is 0 Å². The molecule has 2 saturated carbocycles. The van der Waals surface area contributed by atoms with E-state index < -0.39 is 17.1 Å². The van der Waals surface area contributed by atoms with Crippen LogP contribution in [-0.2, 0) is 9.53 Å². The molecule has 0 radical (unpaired) electrons. The summed E-state index contributed by atoms with van der Waals surface area (Å²) in [6.45, 7) is 2.98. The number of hydrogen-bond donors (Lipinski definition) is 2. The second kappa shape index (κ2) is 9.75. The molecule has 32 heavy (non-hydrogen) atoms. The number of aromatic nitrogens is 2. The molecule has 4 rings (SSSR count). The molecule has 0 atom stereocenters. The number of carbonyl (C=O) groups excluding carboxylic acids is 1. The van der Waals surface area contributed by atoms with Gasteiger partial charge in [0.15, 0.2) is 0 Å². The zero-order chi connectivity index (χ0) is 22.7. The molecule has 174 valence electrons. The molecule has 0 aliphatic heterocycles. The highest BCUT2D eigenvalue weighted by Gasteiger charge is 2.25. The molecule has 0 spiro atoms. The van der Waals surface area contributed by atoms with Gasteiger partial charge in [0.05, 0.1) is 23.2 Å². The molecular weight excluding hydrogens is 415 g/mol. The van der Waals surface area contributed by atoms with Crippen molar-refractivity contribution in [3.63, 3.8) is 0 Å². The minimum atomic E-state index is -0.581. The molecule has 9 heteroatoms. The van der Waals surface area contributed by atoms with Gasteiger partial charge >= 0.3 is 11.7 Å². The first-order valence-electron chi connectivity index (χ1n) is 11.6. The van der Waals surface area contributed by atoms with E-state index in [4.69, 9.17) is 4.74 Å². The van der Waals surface area contributed by atoms with Crippen molar-refractivity contribution < 1.29 is 13.9 Å².